The van der Waals surface area contributed by atoms with Crippen LogP contribution in [0.1, 0.15) is 32.8 Å². The predicted molar refractivity (Wildman–Crippen MR) is 131 cm³/mol. The monoisotopic (exact) mass is 451 g/mol. The van der Waals surface area contributed by atoms with Crippen LogP contribution in [0, 0.1) is 0 Å². The van der Waals surface area contributed by atoms with E-state index in [1.807, 2.05) is 55.5 Å². The van der Waals surface area contributed by atoms with Crippen LogP contribution < -0.4 is 15.0 Å². The van der Waals surface area contributed by atoms with Crippen molar-refractivity contribution in [2.24, 2.45) is 0 Å². The third-order valence-corrected chi connectivity index (χ3v) is 5.57. The van der Waals surface area contributed by atoms with E-state index in [4.69, 9.17) is 9.47 Å². The van der Waals surface area contributed by atoms with Crippen LogP contribution in [0.15, 0.2) is 54.2 Å². The molecule has 2 aromatic carbocycles. The third kappa shape index (κ3) is 5.54. The summed E-state index contributed by atoms with van der Waals surface area (Å²) < 4.78 is 10.8. The molecule has 0 aliphatic carbocycles. The molecule has 7 heteroatoms. The number of ether oxygens (including phenoxy) is 2. The summed E-state index contributed by atoms with van der Waals surface area (Å²) in [6, 6.07) is 15.2. The number of carbonyl (C=O) groups is 2. The lowest BCUT2D eigenvalue weighted by Gasteiger charge is -2.21. The molecule has 0 aromatic heterocycles. The SMILES string of the molecule is CCCOc1ccc(C2=C(Nc3ccc(N(CC)CC)cc3)C(=O)N(CCOC)C2=O)cc1. The number of rotatable bonds is 12. The standard InChI is InChI=1S/C26H33N3O4/c1-5-17-33-22-14-8-19(9-15-22)23-24(26(31)29(25(23)30)16-18-32-4)27-20-10-12-21(13-11-20)28(6-2)7-3/h8-15,27H,5-7,16-18H2,1-4H3. The summed E-state index contributed by atoms with van der Waals surface area (Å²) in [5, 5.41) is 3.20. The van der Waals surface area contributed by atoms with Crippen molar-refractivity contribution >= 4 is 28.8 Å². The summed E-state index contributed by atoms with van der Waals surface area (Å²) in [6.07, 6.45) is 0.912. The summed E-state index contributed by atoms with van der Waals surface area (Å²) in [7, 11) is 1.55. The van der Waals surface area contributed by atoms with Crippen LogP contribution in [0.5, 0.6) is 5.75 Å². The molecule has 0 saturated heterocycles. The van der Waals surface area contributed by atoms with Crippen molar-refractivity contribution < 1.29 is 19.1 Å². The molecule has 176 valence electrons. The maximum Gasteiger partial charge on any atom is 0.278 e. The largest absolute Gasteiger partial charge is 0.494 e. The van der Waals surface area contributed by atoms with Gasteiger partial charge in [-0.3, -0.25) is 14.5 Å². The quantitative estimate of drug-likeness (QED) is 0.489. The number of anilines is 2. The molecule has 2 amide bonds. The number of nitrogens with one attached hydrogen (secondary N) is 1. The first-order valence-electron chi connectivity index (χ1n) is 11.5. The zero-order valence-corrected chi connectivity index (χ0v) is 19.9. The van der Waals surface area contributed by atoms with E-state index in [0.29, 0.717) is 17.7 Å². The zero-order valence-electron chi connectivity index (χ0n) is 19.9. The highest BCUT2D eigenvalue weighted by Gasteiger charge is 2.39. The Bertz CT molecular complexity index is 980. The maximum absolute atomic E-state index is 13.2. The second-order valence-electron chi connectivity index (χ2n) is 7.72. The molecule has 0 fully saturated rings. The van der Waals surface area contributed by atoms with Crippen LogP contribution in [0.25, 0.3) is 5.57 Å². The Hall–Kier alpha value is -3.32. The molecule has 1 aliphatic heterocycles. The third-order valence-electron chi connectivity index (χ3n) is 5.57. The minimum atomic E-state index is -0.355. The average Bonchev–Trinajstić information content (AvgIpc) is 3.07. The van der Waals surface area contributed by atoms with Gasteiger partial charge in [0.2, 0.25) is 0 Å². The van der Waals surface area contributed by atoms with Gasteiger partial charge in [-0.25, -0.2) is 0 Å². The summed E-state index contributed by atoms with van der Waals surface area (Å²) in [4.78, 5) is 29.9. The van der Waals surface area contributed by atoms with Crippen LogP contribution in [-0.2, 0) is 14.3 Å². The lowest BCUT2D eigenvalue weighted by molar-refractivity contribution is -0.137. The van der Waals surface area contributed by atoms with Crippen LogP contribution in [-0.4, -0.2) is 56.7 Å². The number of hydrogen-bond donors (Lipinski definition) is 1. The first-order valence-corrected chi connectivity index (χ1v) is 11.5. The van der Waals surface area contributed by atoms with Crippen molar-refractivity contribution in [3.63, 3.8) is 0 Å². The highest BCUT2D eigenvalue weighted by molar-refractivity contribution is 6.36. The van der Waals surface area contributed by atoms with E-state index in [9.17, 15) is 9.59 Å². The fraction of sp³-hybridized carbons (Fsp3) is 0.385. The molecule has 1 heterocycles. The maximum atomic E-state index is 13.2. The minimum absolute atomic E-state index is 0.196. The van der Waals surface area contributed by atoms with E-state index in [2.05, 4.69) is 24.1 Å². The Morgan fingerprint density at radius 2 is 1.55 bits per heavy atom. The van der Waals surface area contributed by atoms with E-state index < -0.39 is 0 Å². The number of hydrogen-bond acceptors (Lipinski definition) is 6. The van der Waals surface area contributed by atoms with Crippen molar-refractivity contribution in [2.45, 2.75) is 27.2 Å². The number of methoxy groups -OCH3 is 1. The topological polar surface area (TPSA) is 71.1 Å². The van der Waals surface area contributed by atoms with Crippen molar-refractivity contribution in [3.05, 3.63) is 59.8 Å². The number of nitrogens with zero attached hydrogens (tertiary/aromatic N) is 2. The zero-order chi connectivity index (χ0) is 23.8. The fourth-order valence-electron chi connectivity index (χ4n) is 3.77. The Morgan fingerprint density at radius 3 is 2.12 bits per heavy atom. The van der Waals surface area contributed by atoms with Gasteiger partial charge in [-0.2, -0.15) is 0 Å². The van der Waals surface area contributed by atoms with Gasteiger partial charge in [0.1, 0.15) is 11.4 Å². The van der Waals surface area contributed by atoms with Crippen LogP contribution >= 0.6 is 0 Å². The molecule has 2 aromatic rings. The second-order valence-corrected chi connectivity index (χ2v) is 7.72. The highest BCUT2D eigenvalue weighted by atomic mass is 16.5. The second kappa shape index (κ2) is 11.5. The van der Waals surface area contributed by atoms with Crippen molar-refractivity contribution in [1.29, 1.82) is 0 Å². The molecule has 1 aliphatic rings. The average molecular weight is 452 g/mol. The summed E-state index contributed by atoms with van der Waals surface area (Å²) in [6.45, 7) is 9.20. The van der Waals surface area contributed by atoms with Crippen molar-refractivity contribution in [3.8, 4) is 5.75 Å². The Kier molecular flexibility index (Phi) is 8.49. The minimum Gasteiger partial charge on any atom is -0.494 e. The van der Waals surface area contributed by atoms with Crippen molar-refractivity contribution in [2.75, 3.05) is 50.2 Å². The molecular weight excluding hydrogens is 418 g/mol. The first kappa shape index (κ1) is 24.3. The van der Waals surface area contributed by atoms with Crippen LogP contribution in [0.2, 0.25) is 0 Å². The lowest BCUT2D eigenvalue weighted by atomic mass is 10.0. The molecular formula is C26H33N3O4. The van der Waals surface area contributed by atoms with Crippen LogP contribution in [0.3, 0.4) is 0 Å². The van der Waals surface area contributed by atoms with Gasteiger partial charge >= 0.3 is 0 Å². The van der Waals surface area contributed by atoms with E-state index in [1.54, 1.807) is 7.11 Å². The number of imide groups is 1. The predicted octanol–water partition coefficient (Wildman–Crippen LogP) is 4.16. The highest BCUT2D eigenvalue weighted by Crippen LogP contribution is 2.31. The van der Waals surface area contributed by atoms with E-state index in [0.717, 1.165) is 36.6 Å². The van der Waals surface area contributed by atoms with E-state index in [-0.39, 0.29) is 30.7 Å². The molecule has 1 N–H and O–H groups in total. The molecule has 0 spiro atoms. The first-order chi connectivity index (χ1) is 16.0. The van der Waals surface area contributed by atoms with Crippen molar-refractivity contribution in [1.82, 2.24) is 4.90 Å². The van der Waals surface area contributed by atoms with E-state index >= 15 is 0 Å². The van der Waals surface area contributed by atoms with Crippen LogP contribution in [0.4, 0.5) is 11.4 Å². The van der Waals surface area contributed by atoms with Gasteiger partial charge in [0.15, 0.2) is 0 Å². The molecule has 0 unspecified atom stereocenters. The Morgan fingerprint density at radius 1 is 0.879 bits per heavy atom. The number of benzene rings is 2. The van der Waals surface area contributed by atoms with Gasteiger partial charge in [0.05, 0.1) is 25.3 Å². The molecule has 0 saturated carbocycles. The molecule has 3 rings (SSSR count). The Labute approximate surface area is 196 Å². The number of carbonyl (C=O) groups excluding carboxylic acids is 2. The van der Waals surface area contributed by atoms with Gasteiger partial charge in [0.25, 0.3) is 11.8 Å². The molecule has 33 heavy (non-hydrogen) atoms. The normalized spacial score (nSPS) is 13.6. The Balaban J connectivity index is 1.93. The summed E-state index contributed by atoms with van der Waals surface area (Å²) >= 11 is 0. The molecule has 0 atom stereocenters. The molecule has 0 bridgehead atoms. The fourth-order valence-corrected chi connectivity index (χ4v) is 3.77. The molecule has 7 nitrogen and oxygen atoms in total. The van der Waals surface area contributed by atoms with Gasteiger partial charge in [-0.1, -0.05) is 19.1 Å². The number of amides is 2. The molecule has 0 radical (unpaired) electrons. The lowest BCUT2D eigenvalue weighted by Crippen LogP contribution is -2.35. The summed E-state index contributed by atoms with van der Waals surface area (Å²) in [5.41, 5.74) is 3.15. The summed E-state index contributed by atoms with van der Waals surface area (Å²) in [5.74, 6) is 0.0448. The van der Waals surface area contributed by atoms with Gasteiger partial charge < -0.3 is 19.7 Å². The van der Waals surface area contributed by atoms with E-state index in [1.165, 1.54) is 4.90 Å². The van der Waals surface area contributed by atoms with Gasteiger partial charge in [-0.05, 0) is 62.2 Å². The van der Waals surface area contributed by atoms with Gasteiger partial charge in [-0.15, -0.1) is 0 Å². The smallest absolute Gasteiger partial charge is 0.278 e. The van der Waals surface area contributed by atoms with Gasteiger partial charge in [0, 0.05) is 31.6 Å².